The average molecular weight is 514 g/mol. The van der Waals surface area contributed by atoms with Gasteiger partial charge in [0, 0.05) is 16.6 Å². The van der Waals surface area contributed by atoms with E-state index in [9.17, 15) is 4.79 Å². The zero-order valence-electron chi connectivity index (χ0n) is 19.0. The molecule has 2 aromatic carbocycles. The molecule has 0 aromatic heterocycles. The number of rotatable bonds is 11. The molecule has 2 aromatic rings. The molecule has 1 aliphatic heterocycles. The molecule has 1 saturated heterocycles. The van der Waals surface area contributed by atoms with Crippen LogP contribution in [0.4, 0.5) is 4.79 Å². The maximum atomic E-state index is 13.1. The molecule has 2 atom stereocenters. The fraction of sp³-hybridized carbons (Fsp3) is 0.370. The molecule has 0 radical (unpaired) electrons. The van der Waals surface area contributed by atoms with Gasteiger partial charge in [-0.25, -0.2) is 4.79 Å². The van der Waals surface area contributed by atoms with E-state index >= 15 is 0 Å². The molecule has 5 nitrogen and oxygen atoms in total. The molecule has 1 amide bonds. The Hall–Kier alpha value is -2.57. The number of piperidine rings is 1. The van der Waals surface area contributed by atoms with Crippen LogP contribution in [0.5, 0.6) is 5.75 Å². The molecule has 3 rings (SSSR count). The molecule has 0 bridgehead atoms. The van der Waals surface area contributed by atoms with E-state index in [2.05, 4.69) is 29.1 Å². The van der Waals surface area contributed by atoms with Gasteiger partial charge in [0.15, 0.2) is 0 Å². The maximum absolute atomic E-state index is 13.1. The zero-order chi connectivity index (χ0) is 23.5. The second kappa shape index (κ2) is 13.2. The number of halogens is 1. The second-order valence-electron chi connectivity index (χ2n) is 7.98. The molecular weight excluding hydrogens is 482 g/mol. The minimum atomic E-state index is -0.327. The molecule has 33 heavy (non-hydrogen) atoms. The molecule has 0 aliphatic carbocycles. The monoisotopic (exact) mass is 513 g/mol. The fourth-order valence-electron chi connectivity index (χ4n) is 3.92. The first-order valence-electron chi connectivity index (χ1n) is 11.3. The summed E-state index contributed by atoms with van der Waals surface area (Å²) in [6, 6.07) is 15.5. The van der Waals surface area contributed by atoms with Crippen molar-refractivity contribution in [2.45, 2.75) is 44.4 Å². The lowest BCUT2D eigenvalue weighted by molar-refractivity contribution is -0.00772. The van der Waals surface area contributed by atoms with Crippen molar-refractivity contribution >= 4 is 22.0 Å². The van der Waals surface area contributed by atoms with Crippen LogP contribution in [0, 0.1) is 0 Å². The highest BCUT2D eigenvalue weighted by molar-refractivity contribution is 9.10. The highest BCUT2D eigenvalue weighted by Crippen LogP contribution is 2.39. The van der Waals surface area contributed by atoms with E-state index in [-0.39, 0.29) is 24.8 Å². The van der Waals surface area contributed by atoms with Crippen LogP contribution < -0.4 is 4.74 Å². The number of ether oxygens (including phenoxy) is 3. The number of benzene rings is 2. The predicted octanol–water partition coefficient (Wildman–Crippen LogP) is 6.84. The van der Waals surface area contributed by atoms with Crippen LogP contribution in [0.15, 0.2) is 78.3 Å². The molecule has 0 unspecified atom stereocenters. The summed E-state index contributed by atoms with van der Waals surface area (Å²) in [6.07, 6.45) is 6.53. The van der Waals surface area contributed by atoms with Crippen molar-refractivity contribution in [3.63, 3.8) is 0 Å². The van der Waals surface area contributed by atoms with Gasteiger partial charge < -0.3 is 19.1 Å². The van der Waals surface area contributed by atoms with E-state index in [1.54, 1.807) is 11.0 Å². The first-order valence-corrected chi connectivity index (χ1v) is 12.1. The zero-order valence-corrected chi connectivity index (χ0v) is 20.5. The summed E-state index contributed by atoms with van der Waals surface area (Å²) >= 11 is 3.55. The van der Waals surface area contributed by atoms with Gasteiger partial charge in [-0.3, -0.25) is 0 Å². The third-order valence-electron chi connectivity index (χ3n) is 5.59. The van der Waals surface area contributed by atoms with E-state index in [4.69, 9.17) is 14.2 Å². The normalized spacial score (nSPS) is 17.9. The van der Waals surface area contributed by atoms with Gasteiger partial charge in [0.2, 0.25) is 0 Å². The van der Waals surface area contributed by atoms with E-state index < -0.39 is 0 Å². The van der Waals surface area contributed by atoms with Crippen LogP contribution in [-0.4, -0.2) is 36.9 Å². The fourth-order valence-corrected chi connectivity index (χ4v) is 4.26. The number of carbonyl (C=O) groups excluding carboxylic acids is 1. The van der Waals surface area contributed by atoms with E-state index in [1.807, 2.05) is 54.6 Å². The van der Waals surface area contributed by atoms with Crippen molar-refractivity contribution in [3.8, 4) is 5.75 Å². The lowest BCUT2D eigenvalue weighted by Crippen LogP contribution is -2.43. The van der Waals surface area contributed by atoms with Gasteiger partial charge in [-0.05, 0) is 43.4 Å². The van der Waals surface area contributed by atoms with Crippen LogP contribution in [0.2, 0.25) is 0 Å². The lowest BCUT2D eigenvalue weighted by Gasteiger charge is -2.39. The van der Waals surface area contributed by atoms with Gasteiger partial charge in [0.1, 0.15) is 12.4 Å². The average Bonchev–Trinajstić information content (AvgIpc) is 2.84. The predicted molar refractivity (Wildman–Crippen MR) is 134 cm³/mol. The molecule has 1 aliphatic rings. The molecular formula is C27H32BrNO4. The Kier molecular flexibility index (Phi) is 10.0. The summed E-state index contributed by atoms with van der Waals surface area (Å²) in [5.74, 6) is 0.767. The maximum Gasteiger partial charge on any atom is 0.410 e. The summed E-state index contributed by atoms with van der Waals surface area (Å²) in [7, 11) is 0. The van der Waals surface area contributed by atoms with Gasteiger partial charge in [0.25, 0.3) is 0 Å². The Morgan fingerprint density at radius 1 is 1.15 bits per heavy atom. The largest absolute Gasteiger partial charge is 0.493 e. The van der Waals surface area contributed by atoms with Crippen LogP contribution in [0.3, 0.4) is 0 Å². The van der Waals surface area contributed by atoms with Gasteiger partial charge in [-0.2, -0.15) is 0 Å². The molecule has 1 fully saturated rings. The highest BCUT2D eigenvalue weighted by atomic mass is 79.9. The highest BCUT2D eigenvalue weighted by Gasteiger charge is 2.35. The van der Waals surface area contributed by atoms with Crippen molar-refractivity contribution in [1.82, 2.24) is 4.90 Å². The Balaban J connectivity index is 1.80. The van der Waals surface area contributed by atoms with Crippen LogP contribution in [0.25, 0.3) is 0 Å². The summed E-state index contributed by atoms with van der Waals surface area (Å²) in [5, 5.41) is 0. The SMILES string of the molecule is C=CCCCOc1cc(Br)ccc1[C@@H]1C[C@@H](OCC=C)CCN1C(=O)OCc1ccccc1. The molecule has 176 valence electrons. The summed E-state index contributed by atoms with van der Waals surface area (Å²) < 4.78 is 18.7. The molecule has 0 N–H and O–H groups in total. The number of likely N-dealkylation sites (tertiary alicyclic amines) is 1. The number of amides is 1. The molecule has 6 heteroatoms. The topological polar surface area (TPSA) is 48.0 Å². The molecule has 1 heterocycles. The Bertz CT molecular complexity index is 918. The first-order chi connectivity index (χ1) is 16.1. The van der Waals surface area contributed by atoms with Crippen molar-refractivity contribution in [3.05, 3.63) is 89.4 Å². The standard InChI is InChI=1S/C27H32BrNO4/c1-3-5-9-17-32-26-18-22(28)12-13-24(26)25-19-23(31-16-4-2)14-15-29(25)27(30)33-20-21-10-7-6-8-11-21/h3-4,6-8,10-13,18,23,25H,1-2,5,9,14-17,19-20H2/t23-,25-/m0/s1. The number of hydrogen-bond donors (Lipinski definition) is 0. The van der Waals surface area contributed by atoms with Crippen molar-refractivity contribution < 1.29 is 19.0 Å². The Morgan fingerprint density at radius 3 is 2.73 bits per heavy atom. The van der Waals surface area contributed by atoms with Crippen LogP contribution in [0.1, 0.15) is 42.9 Å². The van der Waals surface area contributed by atoms with Gasteiger partial charge in [-0.15, -0.1) is 13.2 Å². The quantitative estimate of drug-likeness (QED) is 0.243. The third-order valence-corrected chi connectivity index (χ3v) is 6.08. The van der Waals surface area contributed by atoms with E-state index in [1.165, 1.54) is 0 Å². The van der Waals surface area contributed by atoms with Crippen LogP contribution in [-0.2, 0) is 16.1 Å². The lowest BCUT2D eigenvalue weighted by atomic mass is 9.93. The van der Waals surface area contributed by atoms with Gasteiger partial charge >= 0.3 is 6.09 Å². The second-order valence-corrected chi connectivity index (χ2v) is 8.89. The van der Waals surface area contributed by atoms with Crippen molar-refractivity contribution in [2.75, 3.05) is 19.8 Å². The van der Waals surface area contributed by atoms with Gasteiger partial charge in [0.05, 0.1) is 25.4 Å². The van der Waals surface area contributed by atoms with Gasteiger partial charge in [-0.1, -0.05) is 64.5 Å². The number of unbranched alkanes of at least 4 members (excludes halogenated alkanes) is 1. The summed E-state index contributed by atoms with van der Waals surface area (Å²) in [5.41, 5.74) is 1.92. The summed E-state index contributed by atoms with van der Waals surface area (Å²) in [4.78, 5) is 14.9. The van der Waals surface area contributed by atoms with Crippen molar-refractivity contribution in [1.29, 1.82) is 0 Å². The Morgan fingerprint density at radius 2 is 1.97 bits per heavy atom. The van der Waals surface area contributed by atoms with Crippen molar-refractivity contribution in [2.24, 2.45) is 0 Å². The first kappa shape index (κ1) is 25.1. The minimum Gasteiger partial charge on any atom is -0.493 e. The smallest absolute Gasteiger partial charge is 0.410 e. The molecule has 0 spiro atoms. The Labute approximate surface area is 205 Å². The van der Waals surface area contributed by atoms with Crippen LogP contribution >= 0.6 is 15.9 Å². The minimum absolute atomic E-state index is 0.0310. The molecule has 0 saturated carbocycles. The number of carbonyl (C=O) groups is 1. The third kappa shape index (κ3) is 7.47. The van der Waals surface area contributed by atoms with E-state index in [0.717, 1.165) is 40.6 Å². The summed E-state index contributed by atoms with van der Waals surface area (Å²) in [6.45, 7) is 9.38. The number of allylic oxidation sites excluding steroid dienone is 1. The van der Waals surface area contributed by atoms with E-state index in [0.29, 0.717) is 26.2 Å². The number of hydrogen-bond acceptors (Lipinski definition) is 4. The number of nitrogens with zero attached hydrogens (tertiary/aromatic N) is 1.